The van der Waals surface area contributed by atoms with Crippen LogP contribution in [0.5, 0.6) is 0 Å². The van der Waals surface area contributed by atoms with E-state index in [4.69, 9.17) is 4.43 Å². The Morgan fingerprint density at radius 3 is 2.60 bits per heavy atom. The van der Waals surface area contributed by atoms with Gasteiger partial charge < -0.3 is 9.74 Å². The van der Waals surface area contributed by atoms with Crippen LogP contribution in [-0.2, 0) is 9.22 Å². The van der Waals surface area contributed by atoms with Crippen LogP contribution in [0, 0.1) is 0 Å². The molecular formula is C15H23NO2SSi. The van der Waals surface area contributed by atoms with Gasteiger partial charge in [0.2, 0.25) is 5.91 Å². The lowest BCUT2D eigenvalue weighted by Crippen LogP contribution is -2.44. The number of anilines is 1. The Hall–Kier alpha value is -0.783. The molecule has 110 valence electrons. The summed E-state index contributed by atoms with van der Waals surface area (Å²) in [4.78, 5) is 13.2. The summed E-state index contributed by atoms with van der Waals surface area (Å²) in [7, 11) is -1.80. The van der Waals surface area contributed by atoms with Crippen molar-refractivity contribution in [2.45, 2.75) is 49.0 Å². The highest BCUT2D eigenvalue weighted by Gasteiger charge is 2.39. The first-order valence-electron chi connectivity index (χ1n) is 6.91. The van der Waals surface area contributed by atoms with Gasteiger partial charge in [-0.15, -0.1) is 11.8 Å². The molecule has 1 atom stereocenters. The number of hydrogen-bond donors (Lipinski definition) is 1. The lowest BCUT2D eigenvalue weighted by molar-refractivity contribution is -0.116. The molecule has 0 aliphatic carbocycles. The molecule has 5 heteroatoms. The van der Waals surface area contributed by atoms with Crippen molar-refractivity contribution in [1.82, 2.24) is 0 Å². The minimum atomic E-state index is -1.80. The van der Waals surface area contributed by atoms with Crippen LogP contribution in [0.4, 0.5) is 5.69 Å². The first-order valence-corrected chi connectivity index (χ1v) is 10.7. The van der Waals surface area contributed by atoms with Gasteiger partial charge in [0, 0.05) is 4.90 Å². The Morgan fingerprint density at radius 1 is 1.30 bits per heavy atom. The normalized spacial score (nSPS) is 19.4. The van der Waals surface area contributed by atoms with Crippen molar-refractivity contribution in [3.63, 3.8) is 0 Å². The van der Waals surface area contributed by atoms with E-state index >= 15 is 0 Å². The van der Waals surface area contributed by atoms with E-state index in [-0.39, 0.29) is 16.2 Å². The molecule has 1 N–H and O–H groups in total. The second-order valence-corrected chi connectivity index (χ2v) is 12.7. The molecule has 0 aromatic heterocycles. The third-order valence-electron chi connectivity index (χ3n) is 4.11. The summed E-state index contributed by atoms with van der Waals surface area (Å²) in [5.74, 6) is 0.0485. The predicted molar refractivity (Wildman–Crippen MR) is 87.9 cm³/mol. The molecule has 0 fully saturated rings. The zero-order valence-electron chi connectivity index (χ0n) is 12.8. The van der Waals surface area contributed by atoms with Gasteiger partial charge in [-0.05, 0) is 30.3 Å². The summed E-state index contributed by atoms with van der Waals surface area (Å²) in [6.07, 6.45) is 0. The molecule has 1 aromatic rings. The fourth-order valence-electron chi connectivity index (χ4n) is 1.70. The third kappa shape index (κ3) is 3.27. The average molecular weight is 310 g/mol. The maximum Gasteiger partial charge on any atom is 0.240 e. The van der Waals surface area contributed by atoms with Crippen LogP contribution in [0.15, 0.2) is 29.2 Å². The van der Waals surface area contributed by atoms with Crippen molar-refractivity contribution < 1.29 is 9.22 Å². The van der Waals surface area contributed by atoms with Gasteiger partial charge in [-0.2, -0.15) is 0 Å². The highest BCUT2D eigenvalue weighted by atomic mass is 32.2. The van der Waals surface area contributed by atoms with Gasteiger partial charge in [0.25, 0.3) is 0 Å². The molecule has 1 amide bonds. The summed E-state index contributed by atoms with van der Waals surface area (Å²) in [6.45, 7) is 11.5. The molecule has 3 nitrogen and oxygen atoms in total. The number of para-hydroxylation sites is 1. The molecule has 1 unspecified atom stereocenters. The van der Waals surface area contributed by atoms with Gasteiger partial charge in [0.15, 0.2) is 8.32 Å². The molecule has 0 spiro atoms. The Kier molecular flexibility index (Phi) is 4.32. The van der Waals surface area contributed by atoms with E-state index in [9.17, 15) is 4.79 Å². The van der Waals surface area contributed by atoms with Crippen molar-refractivity contribution in [3.05, 3.63) is 24.3 Å². The quantitative estimate of drug-likeness (QED) is 0.854. The van der Waals surface area contributed by atoms with Gasteiger partial charge >= 0.3 is 0 Å². The summed E-state index contributed by atoms with van der Waals surface area (Å²) in [5, 5.41) is 2.97. The Bertz CT molecular complexity index is 511. The van der Waals surface area contributed by atoms with Crippen molar-refractivity contribution in [3.8, 4) is 0 Å². The third-order valence-corrected chi connectivity index (χ3v) is 9.85. The number of nitrogens with one attached hydrogen (secondary N) is 1. The lowest BCUT2D eigenvalue weighted by atomic mass is 10.2. The second-order valence-electron chi connectivity index (χ2n) is 6.66. The Labute approximate surface area is 126 Å². The van der Waals surface area contributed by atoms with E-state index in [1.54, 1.807) is 11.8 Å². The molecule has 2 rings (SSSR count). The average Bonchev–Trinajstić information content (AvgIpc) is 2.35. The minimum absolute atomic E-state index is 0.0485. The van der Waals surface area contributed by atoms with Crippen LogP contribution in [0.2, 0.25) is 18.1 Å². The van der Waals surface area contributed by atoms with Gasteiger partial charge in [-0.1, -0.05) is 32.9 Å². The summed E-state index contributed by atoms with van der Waals surface area (Å²) in [6, 6.07) is 7.91. The van der Waals surface area contributed by atoms with E-state index < -0.39 is 8.32 Å². The summed E-state index contributed by atoms with van der Waals surface area (Å²) < 4.78 is 6.18. The maximum absolute atomic E-state index is 12.1. The molecule has 0 radical (unpaired) electrons. The van der Waals surface area contributed by atoms with Crippen LogP contribution in [0.1, 0.15) is 20.8 Å². The second kappa shape index (κ2) is 5.54. The topological polar surface area (TPSA) is 38.3 Å². The van der Waals surface area contributed by atoms with Crippen LogP contribution in [-0.4, -0.2) is 26.1 Å². The minimum Gasteiger partial charge on any atom is -0.415 e. The van der Waals surface area contributed by atoms with Crippen molar-refractivity contribution >= 4 is 31.7 Å². The standard InChI is InChI=1S/C15H23NO2SSi/c1-15(2,3)20(4,5)18-10-13-14(17)16-11-8-6-7-9-12(11)19-13/h6-9,13H,10H2,1-5H3,(H,16,17). The zero-order valence-corrected chi connectivity index (χ0v) is 14.6. The van der Waals surface area contributed by atoms with Crippen LogP contribution < -0.4 is 5.32 Å². The lowest BCUT2D eigenvalue weighted by Gasteiger charge is -2.37. The van der Waals surface area contributed by atoms with Gasteiger partial charge in [-0.3, -0.25) is 4.79 Å². The predicted octanol–water partition coefficient (Wildman–Crippen LogP) is 4.12. The van der Waals surface area contributed by atoms with Crippen molar-refractivity contribution in [2.24, 2.45) is 0 Å². The highest BCUT2D eigenvalue weighted by Crippen LogP contribution is 2.39. The molecule has 1 aromatic carbocycles. The fourth-order valence-corrected chi connectivity index (χ4v) is 3.85. The molecule has 0 bridgehead atoms. The number of hydrogen-bond acceptors (Lipinski definition) is 3. The molecule has 1 aliphatic heterocycles. The van der Waals surface area contributed by atoms with Crippen LogP contribution in [0.25, 0.3) is 0 Å². The van der Waals surface area contributed by atoms with Crippen LogP contribution >= 0.6 is 11.8 Å². The first kappa shape index (κ1) is 15.6. The number of benzene rings is 1. The SMILES string of the molecule is CC(C)(C)[Si](C)(C)OCC1Sc2ccccc2NC1=O. The van der Waals surface area contributed by atoms with E-state index in [0.29, 0.717) is 6.61 Å². The Morgan fingerprint density at radius 2 is 1.95 bits per heavy atom. The van der Waals surface area contributed by atoms with Crippen molar-refractivity contribution in [1.29, 1.82) is 0 Å². The largest absolute Gasteiger partial charge is 0.415 e. The van der Waals surface area contributed by atoms with E-state index in [0.717, 1.165) is 10.6 Å². The van der Waals surface area contributed by atoms with E-state index in [2.05, 4.69) is 39.2 Å². The van der Waals surface area contributed by atoms with Crippen LogP contribution in [0.3, 0.4) is 0 Å². The smallest absolute Gasteiger partial charge is 0.240 e. The Balaban J connectivity index is 2.04. The fraction of sp³-hybridized carbons (Fsp3) is 0.533. The number of fused-ring (bicyclic) bond motifs is 1. The first-order chi connectivity index (χ1) is 9.21. The highest BCUT2D eigenvalue weighted by molar-refractivity contribution is 8.01. The van der Waals surface area contributed by atoms with E-state index in [1.807, 2.05) is 24.3 Å². The molecule has 20 heavy (non-hydrogen) atoms. The maximum atomic E-state index is 12.1. The number of carbonyl (C=O) groups excluding carboxylic acids is 1. The molecule has 0 saturated carbocycles. The monoisotopic (exact) mass is 309 g/mol. The molecular weight excluding hydrogens is 286 g/mol. The summed E-state index contributed by atoms with van der Waals surface area (Å²) >= 11 is 1.60. The number of carbonyl (C=O) groups is 1. The summed E-state index contributed by atoms with van der Waals surface area (Å²) in [5.41, 5.74) is 0.908. The van der Waals surface area contributed by atoms with Crippen molar-refractivity contribution in [2.75, 3.05) is 11.9 Å². The van der Waals surface area contributed by atoms with Gasteiger partial charge in [0.05, 0.1) is 12.3 Å². The zero-order chi connectivity index (χ0) is 15.0. The van der Waals surface area contributed by atoms with E-state index in [1.165, 1.54) is 0 Å². The molecule has 0 saturated heterocycles. The number of rotatable bonds is 3. The molecule has 1 heterocycles. The van der Waals surface area contributed by atoms with Gasteiger partial charge in [-0.25, -0.2) is 0 Å². The number of amides is 1. The number of thioether (sulfide) groups is 1. The molecule has 1 aliphatic rings. The van der Waals surface area contributed by atoms with Gasteiger partial charge in [0.1, 0.15) is 5.25 Å².